The van der Waals surface area contributed by atoms with Gasteiger partial charge < -0.3 is 38.9 Å². The van der Waals surface area contributed by atoms with Gasteiger partial charge in [-0.3, -0.25) is 19.0 Å². The van der Waals surface area contributed by atoms with Gasteiger partial charge in [0.1, 0.15) is 12.7 Å². The molecule has 17 nitrogen and oxygen atoms in total. The molecule has 18 heteroatoms. The Hall–Kier alpha value is -4.61. The van der Waals surface area contributed by atoms with E-state index in [2.05, 4.69) is 4.98 Å². The predicted octanol–water partition coefficient (Wildman–Crippen LogP) is 0.254. The number of nitrogen functional groups attached to an aromatic ring is 1. The number of nitrogens with two attached hydrogens (primary N) is 1. The van der Waals surface area contributed by atoms with Crippen LogP contribution in [0.15, 0.2) is 11.0 Å². The van der Waals surface area contributed by atoms with Gasteiger partial charge in [0.25, 0.3) is 0 Å². The smallest absolute Gasteiger partial charge is 0.351 e. The molecule has 1 aromatic rings. The molecule has 0 bridgehead atoms. The van der Waals surface area contributed by atoms with Crippen LogP contribution in [-0.2, 0) is 61.9 Å². The molecule has 2 N–H and O–H groups in total. The number of esters is 6. The highest BCUT2D eigenvalue weighted by Gasteiger charge is 2.53. The minimum atomic E-state index is -1.79. The van der Waals surface area contributed by atoms with Crippen molar-refractivity contribution in [1.82, 2.24) is 9.55 Å². The summed E-state index contributed by atoms with van der Waals surface area (Å²) >= 11 is 0. The highest BCUT2D eigenvalue weighted by atomic mass is 19.1. The van der Waals surface area contributed by atoms with Crippen molar-refractivity contribution < 1.29 is 66.3 Å². The molecule has 1 saturated heterocycles. The molecule has 3 unspecified atom stereocenters. The van der Waals surface area contributed by atoms with E-state index in [9.17, 15) is 38.0 Å². The fourth-order valence-electron chi connectivity index (χ4n) is 4.15. The van der Waals surface area contributed by atoms with E-state index in [1.165, 1.54) is 13.8 Å². The maximum absolute atomic E-state index is 14.5. The van der Waals surface area contributed by atoms with E-state index in [1.807, 2.05) is 0 Å². The Morgan fingerprint density at radius 3 is 1.73 bits per heavy atom. The van der Waals surface area contributed by atoms with E-state index >= 15 is 0 Å². The fraction of sp³-hybridized carbons (Fsp3) is 0.630. The number of aromatic nitrogens is 2. The summed E-state index contributed by atoms with van der Waals surface area (Å²) in [5.41, 5.74) is 4.23. The van der Waals surface area contributed by atoms with Crippen LogP contribution in [0.4, 0.5) is 10.2 Å². The summed E-state index contributed by atoms with van der Waals surface area (Å²) in [5, 5.41) is 0. The number of hydrogen-bond acceptors (Lipinski definition) is 16. The third kappa shape index (κ3) is 9.95. The second kappa shape index (κ2) is 16.5. The minimum Gasteiger partial charge on any atom is -0.460 e. The summed E-state index contributed by atoms with van der Waals surface area (Å²) in [5.74, 6) is -7.61. The normalized spacial score (nSPS) is 21.0. The lowest BCUT2D eigenvalue weighted by Gasteiger charge is -2.27. The van der Waals surface area contributed by atoms with Gasteiger partial charge in [0, 0.05) is 20.8 Å². The second-order valence-corrected chi connectivity index (χ2v) is 9.68. The third-order valence-electron chi connectivity index (χ3n) is 6.21. The topological polar surface area (TPSA) is 228 Å². The Bertz CT molecular complexity index is 1330. The first-order chi connectivity index (χ1) is 21.1. The van der Waals surface area contributed by atoms with Gasteiger partial charge in [0.2, 0.25) is 0 Å². The van der Waals surface area contributed by atoms with Gasteiger partial charge in [-0.2, -0.15) is 4.98 Å². The molecule has 2 rings (SSSR count). The summed E-state index contributed by atoms with van der Waals surface area (Å²) in [4.78, 5) is 89.5. The van der Waals surface area contributed by atoms with Crippen LogP contribution in [0.25, 0.3) is 0 Å². The molecule has 0 amide bonds. The van der Waals surface area contributed by atoms with E-state index in [0.717, 1.165) is 20.8 Å². The molecule has 1 aromatic heterocycles. The molecule has 1 aliphatic heterocycles. The van der Waals surface area contributed by atoms with Crippen LogP contribution in [0.5, 0.6) is 0 Å². The molecule has 1 fully saturated rings. The predicted molar refractivity (Wildman–Crippen MR) is 145 cm³/mol. The zero-order valence-corrected chi connectivity index (χ0v) is 25.5. The number of anilines is 1. The van der Waals surface area contributed by atoms with Crippen LogP contribution in [0.1, 0.15) is 67.0 Å². The Labute approximate surface area is 256 Å². The van der Waals surface area contributed by atoms with Gasteiger partial charge in [-0.05, 0) is 19.3 Å². The summed E-state index contributed by atoms with van der Waals surface area (Å²) in [7, 11) is 0. The standard InChI is InChI=1S/C27H36FN3O14/c1-7-16(40-12(4)32)24(35)39-11-19-20(44-25(36)17(8-2)41-13(5)33)21(45-26(37)18(9-3)42-14(6)34)23(43-19)31-10-15(28)22(29)30-27(31)38/h10,16-21,23H,7-9,11H2,1-6H3,(H2,29,30,38)/t16?,17?,18?,19-,20-,21-,23-/m1/s1. The van der Waals surface area contributed by atoms with Crippen molar-refractivity contribution >= 4 is 41.6 Å². The van der Waals surface area contributed by atoms with Crippen molar-refractivity contribution in [2.75, 3.05) is 12.3 Å². The minimum absolute atomic E-state index is 0.0338. The van der Waals surface area contributed by atoms with Crippen LogP contribution in [-0.4, -0.2) is 88.6 Å². The molecule has 45 heavy (non-hydrogen) atoms. The lowest BCUT2D eigenvalue weighted by Crippen LogP contribution is -2.46. The molecular weight excluding hydrogens is 609 g/mol. The first-order valence-corrected chi connectivity index (χ1v) is 13.9. The Morgan fingerprint density at radius 1 is 0.844 bits per heavy atom. The van der Waals surface area contributed by atoms with Gasteiger partial charge >= 0.3 is 41.5 Å². The highest BCUT2D eigenvalue weighted by Crippen LogP contribution is 2.35. The molecule has 0 radical (unpaired) electrons. The van der Waals surface area contributed by atoms with Crippen molar-refractivity contribution in [3.8, 4) is 0 Å². The van der Waals surface area contributed by atoms with E-state index in [0.29, 0.717) is 10.8 Å². The number of carbonyl (C=O) groups is 6. The van der Waals surface area contributed by atoms with Crippen molar-refractivity contribution in [2.45, 2.75) is 104 Å². The fourth-order valence-corrected chi connectivity index (χ4v) is 4.15. The van der Waals surface area contributed by atoms with E-state index in [1.54, 1.807) is 6.92 Å². The number of halogens is 1. The SMILES string of the molecule is CCC(OC(C)=O)C(=O)OC[C@H]1O[C@@H](n2cc(F)c(N)nc2=O)[C@H](OC(=O)C(CC)OC(C)=O)[C@@H]1OC(=O)C(CC)OC(C)=O. The number of rotatable bonds is 14. The third-order valence-corrected chi connectivity index (χ3v) is 6.21. The van der Waals surface area contributed by atoms with Crippen LogP contribution in [0, 0.1) is 5.82 Å². The van der Waals surface area contributed by atoms with Crippen molar-refractivity contribution in [3.63, 3.8) is 0 Å². The Morgan fingerprint density at radius 2 is 1.29 bits per heavy atom. The molecule has 2 heterocycles. The zero-order valence-electron chi connectivity index (χ0n) is 25.5. The van der Waals surface area contributed by atoms with Gasteiger partial charge in [-0.25, -0.2) is 23.6 Å². The van der Waals surface area contributed by atoms with E-state index in [-0.39, 0.29) is 19.3 Å². The quantitative estimate of drug-likeness (QED) is 0.211. The van der Waals surface area contributed by atoms with Crippen molar-refractivity contribution in [3.05, 3.63) is 22.5 Å². The first-order valence-electron chi connectivity index (χ1n) is 13.9. The maximum atomic E-state index is 14.5. The highest BCUT2D eigenvalue weighted by molar-refractivity contribution is 5.80. The zero-order chi connectivity index (χ0) is 34.0. The Balaban J connectivity index is 2.60. The van der Waals surface area contributed by atoms with E-state index < -0.39 is 103 Å². The molecule has 0 aliphatic carbocycles. The van der Waals surface area contributed by atoms with Crippen LogP contribution >= 0.6 is 0 Å². The molecule has 7 atom stereocenters. The van der Waals surface area contributed by atoms with Gasteiger partial charge in [0.15, 0.2) is 48.4 Å². The lowest BCUT2D eigenvalue weighted by atomic mass is 10.1. The molecule has 250 valence electrons. The molecule has 0 aromatic carbocycles. The summed E-state index contributed by atoms with van der Waals surface area (Å²) in [6, 6.07) is 0. The molecule has 0 saturated carbocycles. The number of carbonyl (C=O) groups excluding carboxylic acids is 6. The second-order valence-electron chi connectivity index (χ2n) is 9.68. The average Bonchev–Trinajstić information content (AvgIpc) is 3.29. The summed E-state index contributed by atoms with van der Waals surface area (Å²) in [6.45, 7) is 7.00. The molecular formula is C27H36FN3O14. The van der Waals surface area contributed by atoms with Crippen LogP contribution in [0.3, 0.4) is 0 Å². The van der Waals surface area contributed by atoms with Gasteiger partial charge in [-0.1, -0.05) is 20.8 Å². The monoisotopic (exact) mass is 645 g/mol. The van der Waals surface area contributed by atoms with Crippen LogP contribution in [0.2, 0.25) is 0 Å². The van der Waals surface area contributed by atoms with Crippen molar-refractivity contribution in [2.24, 2.45) is 0 Å². The molecule has 1 aliphatic rings. The summed E-state index contributed by atoms with van der Waals surface area (Å²) < 4.78 is 52.1. The molecule has 0 spiro atoms. The first kappa shape index (κ1) is 36.6. The average molecular weight is 646 g/mol. The maximum Gasteiger partial charge on any atom is 0.351 e. The summed E-state index contributed by atoms with van der Waals surface area (Å²) in [6.07, 6.45) is -10.4. The van der Waals surface area contributed by atoms with Crippen molar-refractivity contribution in [1.29, 1.82) is 0 Å². The lowest BCUT2D eigenvalue weighted by molar-refractivity contribution is -0.186. The number of nitrogens with zero attached hydrogens (tertiary/aromatic N) is 2. The number of ether oxygens (including phenoxy) is 7. The van der Waals surface area contributed by atoms with Gasteiger partial charge in [0.05, 0.1) is 6.20 Å². The van der Waals surface area contributed by atoms with Crippen LogP contribution < -0.4 is 11.4 Å². The van der Waals surface area contributed by atoms with Gasteiger partial charge in [-0.15, -0.1) is 0 Å². The van der Waals surface area contributed by atoms with E-state index in [4.69, 9.17) is 38.9 Å². The largest absolute Gasteiger partial charge is 0.460 e. The Kier molecular flexibility index (Phi) is 13.4. The number of hydrogen-bond donors (Lipinski definition) is 1.